The molecule has 1 aromatic carbocycles. The number of halogens is 1. The highest BCUT2D eigenvalue weighted by molar-refractivity contribution is 9.10. The van der Waals surface area contributed by atoms with E-state index in [2.05, 4.69) is 21.2 Å². The molecule has 2 rings (SSSR count). The number of hydrogen-bond acceptors (Lipinski definition) is 2. The summed E-state index contributed by atoms with van der Waals surface area (Å²) in [4.78, 5) is 11.9. The lowest BCUT2D eigenvalue weighted by molar-refractivity contribution is -0.126. The zero-order valence-electron chi connectivity index (χ0n) is 11.3. The molecule has 104 valence electrons. The van der Waals surface area contributed by atoms with Crippen LogP contribution < -0.4 is 5.32 Å². The summed E-state index contributed by atoms with van der Waals surface area (Å²) in [5.74, 6) is 0.637. The SMILES string of the molecule is CC(C(=O)NCC(C)(O)c1ccc(Br)cc1)C1CC1. The second-order valence-electron chi connectivity index (χ2n) is 5.62. The van der Waals surface area contributed by atoms with Crippen LogP contribution in [0.25, 0.3) is 0 Å². The van der Waals surface area contributed by atoms with Gasteiger partial charge in [0.2, 0.25) is 5.91 Å². The molecule has 1 aliphatic rings. The van der Waals surface area contributed by atoms with Crippen molar-refractivity contribution in [2.24, 2.45) is 11.8 Å². The maximum absolute atomic E-state index is 11.9. The van der Waals surface area contributed by atoms with E-state index in [1.54, 1.807) is 6.92 Å². The van der Waals surface area contributed by atoms with Gasteiger partial charge in [0.1, 0.15) is 5.60 Å². The van der Waals surface area contributed by atoms with Gasteiger partial charge in [0.15, 0.2) is 0 Å². The van der Waals surface area contributed by atoms with Crippen LogP contribution in [0, 0.1) is 11.8 Å². The third kappa shape index (κ3) is 3.80. The van der Waals surface area contributed by atoms with Gasteiger partial charge in [-0.25, -0.2) is 0 Å². The molecule has 3 nitrogen and oxygen atoms in total. The predicted octanol–water partition coefficient (Wildman–Crippen LogP) is 2.82. The summed E-state index contributed by atoms with van der Waals surface area (Å²) in [5.41, 5.74) is -0.241. The minimum absolute atomic E-state index is 0.0416. The van der Waals surface area contributed by atoms with Crippen molar-refractivity contribution in [3.63, 3.8) is 0 Å². The van der Waals surface area contributed by atoms with Crippen molar-refractivity contribution in [1.29, 1.82) is 0 Å². The summed E-state index contributed by atoms with van der Waals surface area (Å²) in [6, 6.07) is 7.50. The van der Waals surface area contributed by atoms with Crippen LogP contribution in [0.2, 0.25) is 0 Å². The molecule has 0 bridgehead atoms. The van der Waals surface area contributed by atoms with E-state index in [1.165, 1.54) is 0 Å². The number of carbonyl (C=O) groups is 1. The van der Waals surface area contributed by atoms with E-state index >= 15 is 0 Å². The lowest BCUT2D eigenvalue weighted by Crippen LogP contribution is -2.41. The van der Waals surface area contributed by atoms with Crippen molar-refractivity contribution >= 4 is 21.8 Å². The van der Waals surface area contributed by atoms with E-state index in [9.17, 15) is 9.90 Å². The third-order valence-electron chi connectivity index (χ3n) is 3.82. The van der Waals surface area contributed by atoms with Crippen molar-refractivity contribution in [1.82, 2.24) is 5.32 Å². The Labute approximate surface area is 122 Å². The molecule has 0 saturated heterocycles. The van der Waals surface area contributed by atoms with Crippen LogP contribution in [-0.4, -0.2) is 17.6 Å². The van der Waals surface area contributed by atoms with Crippen LogP contribution in [0.4, 0.5) is 0 Å². The quantitative estimate of drug-likeness (QED) is 0.874. The van der Waals surface area contributed by atoms with Crippen LogP contribution in [0.3, 0.4) is 0 Å². The van der Waals surface area contributed by atoms with Gasteiger partial charge in [-0.3, -0.25) is 4.79 Å². The summed E-state index contributed by atoms with van der Waals surface area (Å²) >= 11 is 3.36. The highest BCUT2D eigenvalue weighted by Crippen LogP contribution is 2.36. The smallest absolute Gasteiger partial charge is 0.223 e. The monoisotopic (exact) mass is 325 g/mol. The molecule has 2 atom stereocenters. The molecule has 2 unspecified atom stereocenters. The summed E-state index contributed by atoms with van der Waals surface area (Å²) in [6.45, 7) is 3.92. The number of carbonyl (C=O) groups excluding carboxylic acids is 1. The van der Waals surface area contributed by atoms with Gasteiger partial charge in [0.25, 0.3) is 0 Å². The molecule has 1 amide bonds. The van der Waals surface area contributed by atoms with Crippen molar-refractivity contribution in [3.8, 4) is 0 Å². The number of benzene rings is 1. The first kappa shape index (κ1) is 14.5. The molecular formula is C15H20BrNO2. The molecule has 0 heterocycles. The molecule has 0 aliphatic heterocycles. The molecule has 0 spiro atoms. The maximum Gasteiger partial charge on any atom is 0.223 e. The fourth-order valence-corrected chi connectivity index (χ4v) is 2.41. The molecule has 4 heteroatoms. The van der Waals surface area contributed by atoms with E-state index in [0.717, 1.165) is 22.9 Å². The molecular weight excluding hydrogens is 306 g/mol. The van der Waals surface area contributed by atoms with Gasteiger partial charge in [-0.2, -0.15) is 0 Å². The first-order valence-corrected chi connectivity index (χ1v) is 7.45. The Kier molecular flexibility index (Phi) is 4.31. The number of rotatable bonds is 5. The zero-order valence-corrected chi connectivity index (χ0v) is 12.9. The molecule has 0 radical (unpaired) electrons. The van der Waals surface area contributed by atoms with Gasteiger partial charge in [-0.1, -0.05) is 35.0 Å². The molecule has 19 heavy (non-hydrogen) atoms. The minimum Gasteiger partial charge on any atom is -0.384 e. The number of hydrogen-bond donors (Lipinski definition) is 2. The van der Waals surface area contributed by atoms with Gasteiger partial charge in [-0.15, -0.1) is 0 Å². The summed E-state index contributed by atoms with van der Waals surface area (Å²) in [7, 11) is 0. The second kappa shape index (κ2) is 5.63. The van der Waals surface area contributed by atoms with E-state index in [0.29, 0.717) is 5.92 Å². The van der Waals surface area contributed by atoms with E-state index in [1.807, 2.05) is 31.2 Å². The van der Waals surface area contributed by atoms with Gasteiger partial charge in [0.05, 0.1) is 6.54 Å². The Hall–Kier alpha value is -0.870. The number of aliphatic hydroxyl groups is 1. The maximum atomic E-state index is 11.9. The van der Waals surface area contributed by atoms with Crippen LogP contribution >= 0.6 is 15.9 Å². The summed E-state index contributed by atoms with van der Waals surface area (Å²) in [6.07, 6.45) is 2.30. The standard InChI is InChI=1S/C15H20BrNO2/c1-10(11-3-4-11)14(18)17-9-15(2,19)12-5-7-13(16)8-6-12/h5-8,10-11,19H,3-4,9H2,1-2H3,(H,17,18). The number of nitrogens with one attached hydrogen (secondary N) is 1. The van der Waals surface area contributed by atoms with Crippen LogP contribution in [0.5, 0.6) is 0 Å². The lowest BCUT2D eigenvalue weighted by atomic mass is 9.95. The number of amides is 1. The molecule has 1 saturated carbocycles. The fraction of sp³-hybridized carbons (Fsp3) is 0.533. The molecule has 1 aliphatic carbocycles. The van der Waals surface area contributed by atoms with Crippen LogP contribution in [0.15, 0.2) is 28.7 Å². The van der Waals surface area contributed by atoms with Crippen molar-refractivity contribution in [2.45, 2.75) is 32.3 Å². The van der Waals surface area contributed by atoms with Crippen molar-refractivity contribution in [2.75, 3.05) is 6.54 Å². The largest absolute Gasteiger partial charge is 0.384 e. The van der Waals surface area contributed by atoms with Crippen LogP contribution in [0.1, 0.15) is 32.3 Å². The fourth-order valence-electron chi connectivity index (χ4n) is 2.14. The minimum atomic E-state index is -1.04. The van der Waals surface area contributed by atoms with E-state index in [4.69, 9.17) is 0 Å². The van der Waals surface area contributed by atoms with Crippen molar-refractivity contribution in [3.05, 3.63) is 34.3 Å². The van der Waals surface area contributed by atoms with Gasteiger partial charge < -0.3 is 10.4 Å². The summed E-state index contributed by atoms with van der Waals surface area (Å²) < 4.78 is 0.971. The van der Waals surface area contributed by atoms with E-state index < -0.39 is 5.60 Å². The Balaban J connectivity index is 1.93. The highest BCUT2D eigenvalue weighted by Gasteiger charge is 2.33. The Morgan fingerprint density at radius 3 is 2.58 bits per heavy atom. The Morgan fingerprint density at radius 2 is 2.05 bits per heavy atom. The van der Waals surface area contributed by atoms with Crippen LogP contribution in [-0.2, 0) is 10.4 Å². The zero-order chi connectivity index (χ0) is 14.0. The predicted molar refractivity (Wildman–Crippen MR) is 78.6 cm³/mol. The topological polar surface area (TPSA) is 49.3 Å². The second-order valence-corrected chi connectivity index (χ2v) is 6.54. The molecule has 1 aromatic rings. The first-order valence-electron chi connectivity index (χ1n) is 6.66. The average Bonchev–Trinajstić information content (AvgIpc) is 3.20. The van der Waals surface area contributed by atoms with E-state index in [-0.39, 0.29) is 18.4 Å². The molecule has 1 fully saturated rings. The summed E-state index contributed by atoms with van der Waals surface area (Å²) in [5, 5.41) is 13.3. The average molecular weight is 326 g/mol. The third-order valence-corrected chi connectivity index (χ3v) is 4.34. The van der Waals surface area contributed by atoms with Crippen molar-refractivity contribution < 1.29 is 9.90 Å². The Bertz CT molecular complexity index is 452. The Morgan fingerprint density at radius 1 is 1.47 bits per heavy atom. The highest BCUT2D eigenvalue weighted by atomic mass is 79.9. The van der Waals surface area contributed by atoms with Gasteiger partial charge >= 0.3 is 0 Å². The molecule has 2 N–H and O–H groups in total. The normalized spacial score (nSPS) is 19.6. The van der Waals surface area contributed by atoms with Gasteiger partial charge in [-0.05, 0) is 43.4 Å². The van der Waals surface area contributed by atoms with Gasteiger partial charge in [0, 0.05) is 10.4 Å². The first-order chi connectivity index (χ1) is 8.90. The lowest BCUT2D eigenvalue weighted by Gasteiger charge is -2.25. The molecule has 0 aromatic heterocycles.